The van der Waals surface area contributed by atoms with Gasteiger partial charge in [0.05, 0.1) is 6.10 Å². The Morgan fingerprint density at radius 2 is 2.12 bits per heavy atom. The third-order valence-electron chi connectivity index (χ3n) is 2.44. The monoisotopic (exact) mass is 243 g/mol. The highest BCUT2D eigenvalue weighted by atomic mass is 19.1. The van der Waals surface area contributed by atoms with Gasteiger partial charge in [0.1, 0.15) is 5.82 Å². The van der Waals surface area contributed by atoms with Crippen LogP contribution in [-0.2, 0) is 0 Å². The number of benzene rings is 1. The van der Waals surface area contributed by atoms with Gasteiger partial charge in [-0.3, -0.25) is 0 Å². The standard InChI is InChI=1S/C13H19F2NO/c1-3-16-8-4-5-10(2)17-13-7-6-11(14)9-12(13)15/h6-7,9-10,16H,3-5,8H2,1-2H3. The summed E-state index contributed by atoms with van der Waals surface area (Å²) >= 11 is 0. The van der Waals surface area contributed by atoms with Crippen molar-refractivity contribution in [3.8, 4) is 5.75 Å². The first-order valence-electron chi connectivity index (χ1n) is 5.96. The molecule has 0 fully saturated rings. The van der Waals surface area contributed by atoms with Crippen molar-refractivity contribution in [2.75, 3.05) is 13.1 Å². The summed E-state index contributed by atoms with van der Waals surface area (Å²) in [6.07, 6.45) is 1.73. The molecule has 2 nitrogen and oxygen atoms in total. The summed E-state index contributed by atoms with van der Waals surface area (Å²) in [5, 5.41) is 3.21. The third kappa shape index (κ3) is 5.13. The molecule has 0 saturated carbocycles. The maximum atomic E-state index is 13.3. The van der Waals surface area contributed by atoms with E-state index in [1.54, 1.807) is 0 Å². The van der Waals surface area contributed by atoms with Crippen LogP contribution in [0.3, 0.4) is 0 Å². The summed E-state index contributed by atoms with van der Waals surface area (Å²) in [6.45, 7) is 5.81. The highest BCUT2D eigenvalue weighted by Gasteiger charge is 2.09. The Morgan fingerprint density at radius 3 is 2.76 bits per heavy atom. The van der Waals surface area contributed by atoms with Gasteiger partial charge in [-0.1, -0.05) is 6.92 Å². The van der Waals surface area contributed by atoms with Crippen LogP contribution in [0, 0.1) is 11.6 Å². The van der Waals surface area contributed by atoms with Gasteiger partial charge in [-0.15, -0.1) is 0 Å². The topological polar surface area (TPSA) is 21.3 Å². The molecule has 0 amide bonds. The van der Waals surface area contributed by atoms with E-state index in [-0.39, 0.29) is 11.9 Å². The van der Waals surface area contributed by atoms with Crippen molar-refractivity contribution in [3.63, 3.8) is 0 Å². The molecule has 0 saturated heterocycles. The first-order valence-corrected chi connectivity index (χ1v) is 5.96. The zero-order chi connectivity index (χ0) is 12.7. The molecule has 17 heavy (non-hydrogen) atoms. The number of nitrogens with one attached hydrogen (secondary N) is 1. The molecule has 0 spiro atoms. The van der Waals surface area contributed by atoms with Crippen molar-refractivity contribution in [2.45, 2.75) is 32.8 Å². The molecule has 0 aliphatic heterocycles. The number of hydrogen-bond acceptors (Lipinski definition) is 2. The molecule has 0 aliphatic rings. The summed E-state index contributed by atoms with van der Waals surface area (Å²) in [5.74, 6) is -1.12. The van der Waals surface area contributed by atoms with Crippen LogP contribution in [0.4, 0.5) is 8.78 Å². The zero-order valence-corrected chi connectivity index (χ0v) is 10.3. The molecule has 0 bridgehead atoms. The lowest BCUT2D eigenvalue weighted by molar-refractivity contribution is 0.198. The van der Waals surface area contributed by atoms with Gasteiger partial charge in [-0.05, 0) is 45.0 Å². The predicted molar refractivity (Wildman–Crippen MR) is 64.2 cm³/mol. The van der Waals surface area contributed by atoms with Crippen LogP contribution in [0.5, 0.6) is 5.75 Å². The third-order valence-corrected chi connectivity index (χ3v) is 2.44. The van der Waals surface area contributed by atoms with E-state index in [2.05, 4.69) is 5.32 Å². The Labute approximate surface area is 101 Å². The Bertz CT molecular complexity index is 344. The molecule has 0 heterocycles. The van der Waals surface area contributed by atoms with Crippen molar-refractivity contribution < 1.29 is 13.5 Å². The second-order valence-corrected chi connectivity index (χ2v) is 4.00. The normalized spacial score (nSPS) is 12.5. The fraction of sp³-hybridized carbons (Fsp3) is 0.538. The van der Waals surface area contributed by atoms with E-state index in [0.717, 1.165) is 32.0 Å². The minimum absolute atomic E-state index is 0.0754. The van der Waals surface area contributed by atoms with Gasteiger partial charge in [0.15, 0.2) is 11.6 Å². The second-order valence-electron chi connectivity index (χ2n) is 4.00. The Kier molecular flexibility index (Phi) is 5.91. The number of halogens is 2. The molecular formula is C13H19F2NO. The molecule has 0 aromatic heterocycles. The van der Waals surface area contributed by atoms with Crippen molar-refractivity contribution in [2.24, 2.45) is 0 Å². The van der Waals surface area contributed by atoms with Crippen molar-refractivity contribution in [3.05, 3.63) is 29.8 Å². The molecule has 1 aromatic carbocycles. The predicted octanol–water partition coefficient (Wildman–Crippen LogP) is 3.12. The summed E-state index contributed by atoms with van der Waals surface area (Å²) in [7, 11) is 0. The highest BCUT2D eigenvalue weighted by molar-refractivity contribution is 5.24. The Morgan fingerprint density at radius 1 is 1.35 bits per heavy atom. The fourth-order valence-corrected chi connectivity index (χ4v) is 1.54. The molecule has 1 unspecified atom stereocenters. The van der Waals surface area contributed by atoms with Crippen LogP contribution in [0.2, 0.25) is 0 Å². The van der Waals surface area contributed by atoms with Crippen LogP contribution in [-0.4, -0.2) is 19.2 Å². The Balaban J connectivity index is 2.37. The second kappa shape index (κ2) is 7.22. The number of ether oxygens (including phenoxy) is 1. The van der Waals surface area contributed by atoms with Gasteiger partial charge < -0.3 is 10.1 Å². The molecule has 1 atom stereocenters. The van der Waals surface area contributed by atoms with Crippen molar-refractivity contribution >= 4 is 0 Å². The average molecular weight is 243 g/mol. The van der Waals surface area contributed by atoms with E-state index in [0.29, 0.717) is 0 Å². The first-order chi connectivity index (χ1) is 8.13. The van der Waals surface area contributed by atoms with E-state index in [1.165, 1.54) is 12.1 Å². The molecule has 1 N–H and O–H groups in total. The smallest absolute Gasteiger partial charge is 0.167 e. The Hall–Kier alpha value is -1.16. The van der Waals surface area contributed by atoms with E-state index < -0.39 is 11.6 Å². The zero-order valence-electron chi connectivity index (χ0n) is 10.3. The van der Waals surface area contributed by atoms with Gasteiger partial charge in [0.2, 0.25) is 0 Å². The van der Waals surface area contributed by atoms with Crippen molar-refractivity contribution in [1.29, 1.82) is 0 Å². The summed E-state index contributed by atoms with van der Waals surface area (Å²) in [6, 6.07) is 3.36. The minimum Gasteiger partial charge on any atom is -0.488 e. The summed E-state index contributed by atoms with van der Waals surface area (Å²) < 4.78 is 31.4. The molecule has 4 heteroatoms. The van der Waals surface area contributed by atoms with E-state index in [9.17, 15) is 8.78 Å². The van der Waals surface area contributed by atoms with Crippen LogP contribution >= 0.6 is 0 Å². The maximum Gasteiger partial charge on any atom is 0.167 e. The van der Waals surface area contributed by atoms with Crippen molar-refractivity contribution in [1.82, 2.24) is 5.32 Å². The molecule has 1 rings (SSSR count). The van der Waals surface area contributed by atoms with E-state index in [1.807, 2.05) is 13.8 Å². The maximum absolute atomic E-state index is 13.3. The van der Waals surface area contributed by atoms with Gasteiger partial charge >= 0.3 is 0 Å². The summed E-state index contributed by atoms with van der Waals surface area (Å²) in [4.78, 5) is 0. The van der Waals surface area contributed by atoms with Crippen LogP contribution in [0.15, 0.2) is 18.2 Å². The van der Waals surface area contributed by atoms with Crippen LogP contribution in [0.1, 0.15) is 26.7 Å². The number of hydrogen-bond donors (Lipinski definition) is 1. The fourth-order valence-electron chi connectivity index (χ4n) is 1.54. The largest absolute Gasteiger partial charge is 0.488 e. The molecule has 0 radical (unpaired) electrons. The highest BCUT2D eigenvalue weighted by Crippen LogP contribution is 2.19. The van der Waals surface area contributed by atoms with E-state index >= 15 is 0 Å². The quantitative estimate of drug-likeness (QED) is 0.743. The van der Waals surface area contributed by atoms with Gasteiger partial charge in [-0.25, -0.2) is 8.78 Å². The lowest BCUT2D eigenvalue weighted by atomic mass is 10.2. The average Bonchev–Trinajstić information content (AvgIpc) is 2.28. The van der Waals surface area contributed by atoms with E-state index in [4.69, 9.17) is 4.74 Å². The van der Waals surface area contributed by atoms with Gasteiger partial charge in [0, 0.05) is 6.07 Å². The summed E-state index contributed by atoms with van der Waals surface area (Å²) in [5.41, 5.74) is 0. The minimum atomic E-state index is -0.650. The van der Waals surface area contributed by atoms with Crippen LogP contribution < -0.4 is 10.1 Å². The lowest BCUT2D eigenvalue weighted by Crippen LogP contribution is -2.18. The lowest BCUT2D eigenvalue weighted by Gasteiger charge is -2.15. The molecule has 0 aliphatic carbocycles. The van der Waals surface area contributed by atoms with Gasteiger partial charge in [0.25, 0.3) is 0 Å². The molecule has 96 valence electrons. The van der Waals surface area contributed by atoms with Gasteiger partial charge in [-0.2, -0.15) is 0 Å². The number of rotatable bonds is 7. The first kappa shape index (κ1) is 13.9. The van der Waals surface area contributed by atoms with Crippen LogP contribution in [0.25, 0.3) is 0 Å². The molecule has 1 aromatic rings. The SMILES string of the molecule is CCNCCCC(C)Oc1ccc(F)cc1F. The molecular weight excluding hydrogens is 224 g/mol.